The molecule has 1 aliphatic heterocycles. The minimum Gasteiger partial charge on any atom is -0.334 e. The van der Waals surface area contributed by atoms with E-state index in [1.54, 1.807) is 35.4 Å². The van der Waals surface area contributed by atoms with Gasteiger partial charge in [0.15, 0.2) is 15.7 Å². The summed E-state index contributed by atoms with van der Waals surface area (Å²) >= 11 is 0. The Morgan fingerprint density at radius 2 is 2.26 bits per heavy atom. The summed E-state index contributed by atoms with van der Waals surface area (Å²) < 4.78 is 24.4. The fourth-order valence-corrected chi connectivity index (χ4v) is 4.10. The summed E-state index contributed by atoms with van der Waals surface area (Å²) in [6, 6.07) is 4.75. The number of amides is 2. The average Bonchev–Trinajstić information content (AvgIpc) is 3.15. The second-order valence-corrected chi connectivity index (χ2v) is 7.63. The third-order valence-electron chi connectivity index (χ3n) is 3.57. The zero-order valence-corrected chi connectivity index (χ0v) is 13.2. The van der Waals surface area contributed by atoms with E-state index in [1.165, 1.54) is 0 Å². The van der Waals surface area contributed by atoms with Gasteiger partial charge in [-0.2, -0.15) is 5.10 Å². The number of hydrogen-bond donors (Lipinski definition) is 2. The maximum atomic E-state index is 11.8. The lowest BCUT2D eigenvalue weighted by molar-refractivity contribution is 0.237. The molecular formula is C14H17N5O3S. The summed E-state index contributed by atoms with van der Waals surface area (Å²) in [7, 11) is -3.00. The molecule has 0 radical (unpaired) electrons. The number of nitrogens with zero attached hydrogens (tertiary/aromatic N) is 3. The summed E-state index contributed by atoms with van der Waals surface area (Å²) in [4.78, 5) is 16.1. The third kappa shape index (κ3) is 4.07. The Balaban J connectivity index is 1.54. The molecule has 3 rings (SSSR count). The van der Waals surface area contributed by atoms with E-state index in [9.17, 15) is 13.2 Å². The van der Waals surface area contributed by atoms with Gasteiger partial charge in [0.05, 0.1) is 11.5 Å². The highest BCUT2D eigenvalue weighted by molar-refractivity contribution is 7.91. The Morgan fingerprint density at radius 3 is 2.96 bits per heavy atom. The number of hydrogen-bond acceptors (Lipinski definition) is 5. The number of nitrogens with one attached hydrogen (secondary N) is 2. The minimum absolute atomic E-state index is 0.0130. The van der Waals surface area contributed by atoms with Crippen molar-refractivity contribution in [2.24, 2.45) is 0 Å². The van der Waals surface area contributed by atoms with Crippen molar-refractivity contribution in [1.82, 2.24) is 25.4 Å². The molecule has 1 fully saturated rings. The molecule has 122 valence electrons. The van der Waals surface area contributed by atoms with E-state index in [2.05, 4.69) is 20.7 Å². The fourth-order valence-electron chi connectivity index (χ4n) is 2.43. The van der Waals surface area contributed by atoms with E-state index in [0.29, 0.717) is 18.8 Å². The molecule has 2 aromatic rings. The number of aromatic nitrogens is 3. The van der Waals surface area contributed by atoms with Gasteiger partial charge in [0, 0.05) is 31.2 Å². The van der Waals surface area contributed by atoms with Crippen LogP contribution in [0.2, 0.25) is 0 Å². The van der Waals surface area contributed by atoms with Gasteiger partial charge in [0.1, 0.15) is 0 Å². The summed E-state index contributed by atoms with van der Waals surface area (Å²) in [5, 5.41) is 9.51. The first-order chi connectivity index (χ1) is 11.0. The Bertz CT molecular complexity index is 789. The maximum Gasteiger partial charge on any atom is 0.315 e. The second kappa shape index (κ2) is 6.37. The number of carbonyl (C=O) groups excluding carboxylic acids is 1. The van der Waals surface area contributed by atoms with Gasteiger partial charge in [0.25, 0.3) is 0 Å². The molecule has 1 atom stereocenters. The quantitative estimate of drug-likeness (QED) is 0.833. The van der Waals surface area contributed by atoms with Crippen LogP contribution in [0.15, 0.2) is 36.8 Å². The minimum atomic E-state index is -3.00. The molecule has 9 heteroatoms. The van der Waals surface area contributed by atoms with E-state index in [1.807, 2.05) is 6.07 Å². The number of sulfone groups is 1. The number of carbonyl (C=O) groups is 1. The van der Waals surface area contributed by atoms with E-state index in [-0.39, 0.29) is 23.6 Å². The van der Waals surface area contributed by atoms with Crippen molar-refractivity contribution in [2.45, 2.75) is 19.0 Å². The first-order valence-corrected chi connectivity index (χ1v) is 9.04. The molecule has 0 bridgehead atoms. The van der Waals surface area contributed by atoms with Crippen molar-refractivity contribution in [1.29, 1.82) is 0 Å². The van der Waals surface area contributed by atoms with Gasteiger partial charge in [-0.05, 0) is 30.2 Å². The highest BCUT2D eigenvalue weighted by atomic mass is 32.2. The van der Waals surface area contributed by atoms with Gasteiger partial charge in [0.2, 0.25) is 0 Å². The molecule has 23 heavy (non-hydrogen) atoms. The van der Waals surface area contributed by atoms with Gasteiger partial charge < -0.3 is 10.6 Å². The standard InChI is InChI=1S/C14H17N5O3S/c20-14(18-12-3-7-23(21,22)10-12)16-9-11-2-5-15-13(8-11)19-6-1-4-17-19/h1-2,4-6,8,12H,3,7,9-10H2,(H2,16,18,20). The van der Waals surface area contributed by atoms with Gasteiger partial charge in [-0.15, -0.1) is 0 Å². The number of urea groups is 1. The summed E-state index contributed by atoms with van der Waals surface area (Å²) in [6.45, 7) is 0.322. The topological polar surface area (TPSA) is 106 Å². The van der Waals surface area contributed by atoms with Crippen molar-refractivity contribution in [3.63, 3.8) is 0 Å². The summed E-state index contributed by atoms with van der Waals surface area (Å²) in [5.41, 5.74) is 0.875. The predicted octanol–water partition coefficient (Wildman–Crippen LogP) is 0.254. The Kier molecular flexibility index (Phi) is 4.28. The second-order valence-electron chi connectivity index (χ2n) is 5.40. The zero-order valence-electron chi connectivity index (χ0n) is 12.3. The Morgan fingerprint density at radius 1 is 1.39 bits per heavy atom. The van der Waals surface area contributed by atoms with Crippen LogP contribution in [0.1, 0.15) is 12.0 Å². The van der Waals surface area contributed by atoms with Crippen molar-refractivity contribution >= 4 is 15.9 Å². The van der Waals surface area contributed by atoms with Crippen LogP contribution in [0.3, 0.4) is 0 Å². The molecule has 2 aromatic heterocycles. The van der Waals surface area contributed by atoms with E-state index < -0.39 is 9.84 Å². The first kappa shape index (κ1) is 15.5. The van der Waals surface area contributed by atoms with Crippen LogP contribution in [-0.4, -0.2) is 46.8 Å². The zero-order chi connectivity index (χ0) is 16.3. The van der Waals surface area contributed by atoms with Crippen LogP contribution in [0.25, 0.3) is 5.82 Å². The molecular weight excluding hydrogens is 318 g/mol. The van der Waals surface area contributed by atoms with Crippen molar-refractivity contribution < 1.29 is 13.2 Å². The average molecular weight is 335 g/mol. The van der Waals surface area contributed by atoms with Crippen LogP contribution in [0, 0.1) is 0 Å². The van der Waals surface area contributed by atoms with Crippen LogP contribution in [0.5, 0.6) is 0 Å². The van der Waals surface area contributed by atoms with Gasteiger partial charge in [-0.25, -0.2) is 22.9 Å². The lowest BCUT2D eigenvalue weighted by Gasteiger charge is -2.12. The fraction of sp³-hybridized carbons (Fsp3) is 0.357. The molecule has 2 amide bonds. The normalized spacial score (nSPS) is 19.4. The lowest BCUT2D eigenvalue weighted by atomic mass is 10.2. The Labute approximate surface area is 133 Å². The monoisotopic (exact) mass is 335 g/mol. The molecule has 8 nitrogen and oxygen atoms in total. The summed E-state index contributed by atoms with van der Waals surface area (Å²) in [6.07, 6.45) is 5.56. The van der Waals surface area contributed by atoms with E-state index in [4.69, 9.17) is 0 Å². The van der Waals surface area contributed by atoms with Crippen LogP contribution in [0.4, 0.5) is 4.79 Å². The lowest BCUT2D eigenvalue weighted by Crippen LogP contribution is -2.42. The van der Waals surface area contributed by atoms with Gasteiger partial charge in [-0.1, -0.05) is 0 Å². The van der Waals surface area contributed by atoms with Gasteiger partial charge >= 0.3 is 6.03 Å². The maximum absolute atomic E-state index is 11.8. The summed E-state index contributed by atoms with van der Waals surface area (Å²) in [5.74, 6) is 0.811. The molecule has 0 aliphatic carbocycles. The largest absolute Gasteiger partial charge is 0.334 e. The highest BCUT2D eigenvalue weighted by Crippen LogP contribution is 2.11. The first-order valence-electron chi connectivity index (χ1n) is 7.21. The molecule has 3 heterocycles. The van der Waals surface area contributed by atoms with Crippen molar-refractivity contribution in [2.75, 3.05) is 11.5 Å². The van der Waals surface area contributed by atoms with E-state index >= 15 is 0 Å². The molecule has 1 saturated heterocycles. The molecule has 2 N–H and O–H groups in total. The number of rotatable bonds is 4. The molecule has 0 saturated carbocycles. The predicted molar refractivity (Wildman–Crippen MR) is 83.8 cm³/mol. The van der Waals surface area contributed by atoms with Crippen LogP contribution in [-0.2, 0) is 16.4 Å². The molecule has 1 aliphatic rings. The van der Waals surface area contributed by atoms with Crippen LogP contribution < -0.4 is 10.6 Å². The van der Waals surface area contributed by atoms with E-state index in [0.717, 1.165) is 5.56 Å². The number of pyridine rings is 1. The highest BCUT2D eigenvalue weighted by Gasteiger charge is 2.28. The smallest absolute Gasteiger partial charge is 0.315 e. The Hall–Kier alpha value is -2.42. The van der Waals surface area contributed by atoms with Crippen molar-refractivity contribution in [3.8, 4) is 5.82 Å². The molecule has 1 unspecified atom stereocenters. The third-order valence-corrected chi connectivity index (χ3v) is 5.34. The SMILES string of the molecule is O=C(NCc1ccnc(-n2cccn2)c1)NC1CCS(=O)(=O)C1. The van der Waals surface area contributed by atoms with Gasteiger partial charge in [-0.3, -0.25) is 0 Å². The molecule has 0 spiro atoms. The van der Waals surface area contributed by atoms with Crippen molar-refractivity contribution in [3.05, 3.63) is 42.4 Å². The van der Waals surface area contributed by atoms with Crippen LogP contribution >= 0.6 is 0 Å². The molecule has 0 aromatic carbocycles.